The minimum absolute atomic E-state index is 0.278. The molecule has 9 nitrogen and oxygen atoms in total. The number of hydrogen-bond acceptors (Lipinski definition) is 5. The Morgan fingerprint density at radius 1 is 1.14 bits per heavy atom. The zero-order chi connectivity index (χ0) is 17.6. The maximum absolute atomic E-state index is 11.0. The first kappa shape index (κ1) is 21.6. The fourth-order valence-corrected chi connectivity index (χ4v) is 5.03. The first-order chi connectivity index (χ1) is 9.87. The number of carboxylic acid groups (broad SMARTS) is 1. The predicted molar refractivity (Wildman–Crippen MR) is 81.9 cm³/mol. The van der Waals surface area contributed by atoms with Crippen molar-refractivity contribution >= 4 is 44.5 Å². The van der Waals surface area contributed by atoms with E-state index in [0.717, 1.165) is 0 Å². The zero-order valence-corrected chi connectivity index (χ0v) is 14.2. The summed E-state index contributed by atoms with van der Waals surface area (Å²) >= 11 is 6.04. The summed E-state index contributed by atoms with van der Waals surface area (Å²) in [6.07, 6.45) is 0. The van der Waals surface area contributed by atoms with Crippen LogP contribution in [0.1, 0.15) is 0 Å². The van der Waals surface area contributed by atoms with Gasteiger partial charge in [0.1, 0.15) is 0 Å². The van der Waals surface area contributed by atoms with E-state index in [0.29, 0.717) is 21.7 Å². The van der Waals surface area contributed by atoms with Crippen molar-refractivity contribution in [2.45, 2.75) is 9.63 Å². The fraction of sp³-hybridized carbons (Fsp3) is 0.222. The van der Waals surface area contributed by atoms with E-state index >= 15 is 0 Å². The summed E-state index contributed by atoms with van der Waals surface area (Å²) in [5, 5.41) is 8.01. The summed E-state index contributed by atoms with van der Waals surface area (Å²) in [5.41, 5.74) is 4.57. The van der Waals surface area contributed by atoms with Crippen molar-refractivity contribution in [3.8, 4) is 0 Å². The number of carbonyl (C=O) groups is 1. The van der Waals surface area contributed by atoms with Crippen LogP contribution in [0, 0.1) is 0 Å². The first-order valence-corrected chi connectivity index (χ1v) is 9.94. The summed E-state index contributed by atoms with van der Waals surface area (Å²) < 4.78 is 19.9. The van der Waals surface area contributed by atoms with Crippen molar-refractivity contribution in [2.75, 3.05) is 6.54 Å². The molecule has 0 radical (unpaired) electrons. The Hall–Kier alpha value is -0.410. The monoisotopic (exact) mass is 393 g/mol. The van der Waals surface area contributed by atoms with Crippen LogP contribution in [0.3, 0.4) is 0 Å². The summed E-state index contributed by atoms with van der Waals surface area (Å²) in [4.78, 5) is 45.2. The van der Waals surface area contributed by atoms with Gasteiger partial charge in [-0.1, -0.05) is 23.4 Å². The third kappa shape index (κ3) is 8.89. The lowest BCUT2D eigenvalue weighted by Gasteiger charge is -2.18. The molecule has 0 fully saturated rings. The summed E-state index contributed by atoms with van der Waals surface area (Å²) in [6, 6.07) is 5.76. The number of rotatable bonds is 5. The maximum atomic E-state index is 11.0. The number of aliphatic carboxylic acids is 1. The molecule has 1 aromatic rings. The first-order valence-electron chi connectivity index (χ1n) is 5.32. The van der Waals surface area contributed by atoms with Gasteiger partial charge < -0.3 is 30.4 Å². The van der Waals surface area contributed by atoms with Crippen molar-refractivity contribution in [3.63, 3.8) is 0 Å². The molecule has 13 heteroatoms. The normalized spacial score (nSPS) is 11.8. The number of hydrogen-bond donors (Lipinski definition) is 6. The summed E-state index contributed by atoms with van der Waals surface area (Å²) in [6.45, 7) is -0.278. The Balaban J connectivity index is 0.000000763. The van der Waals surface area contributed by atoms with E-state index in [1.165, 1.54) is 24.3 Å². The van der Waals surface area contributed by atoms with E-state index in [-0.39, 0.29) is 6.54 Å². The van der Waals surface area contributed by atoms with E-state index in [2.05, 4.69) is 5.73 Å². The highest BCUT2D eigenvalue weighted by molar-refractivity contribution is 8.12. The zero-order valence-electron chi connectivity index (χ0n) is 10.8. The molecule has 0 aliphatic heterocycles. The van der Waals surface area contributed by atoms with Crippen LogP contribution in [-0.4, -0.2) is 41.9 Å². The lowest BCUT2D eigenvalue weighted by atomic mass is 10.4. The standard InChI is InChI=1S/C7H9ClO6P2S.C2H5NO2/c8-5-1-3-6(4-2-5)17-7(15(9,10)11)16(12,13)14;3-1-2(4)5/h1-4,7H,(H2,9,10,11)(H2,12,13,14);1,3H2,(H,4,5). The Kier molecular flexibility index (Phi) is 8.86. The van der Waals surface area contributed by atoms with Crippen molar-refractivity contribution in [1.29, 1.82) is 0 Å². The molecule has 0 aromatic heterocycles. The largest absolute Gasteiger partial charge is 0.480 e. The van der Waals surface area contributed by atoms with Crippen LogP contribution in [-0.2, 0) is 13.9 Å². The Labute approximate surface area is 134 Å². The highest BCUT2D eigenvalue weighted by Gasteiger charge is 2.44. The molecule has 0 spiro atoms. The van der Waals surface area contributed by atoms with Crippen LogP contribution in [0.2, 0.25) is 5.02 Å². The minimum Gasteiger partial charge on any atom is -0.480 e. The molecule has 0 atom stereocenters. The lowest BCUT2D eigenvalue weighted by molar-refractivity contribution is -0.135. The maximum Gasteiger partial charge on any atom is 0.351 e. The van der Waals surface area contributed by atoms with Gasteiger partial charge in [-0.3, -0.25) is 13.9 Å². The van der Waals surface area contributed by atoms with Crippen molar-refractivity contribution < 1.29 is 38.6 Å². The summed E-state index contributed by atoms with van der Waals surface area (Å²) in [7, 11) is -9.82. The molecular formula is C9H14ClNO8P2S. The molecule has 126 valence electrons. The molecule has 0 heterocycles. The summed E-state index contributed by atoms with van der Waals surface area (Å²) in [5.74, 6) is -0.968. The van der Waals surface area contributed by atoms with Gasteiger partial charge in [-0.05, 0) is 24.3 Å². The van der Waals surface area contributed by atoms with E-state index in [4.69, 9.17) is 36.3 Å². The molecule has 0 unspecified atom stereocenters. The van der Waals surface area contributed by atoms with Crippen LogP contribution in [0.25, 0.3) is 0 Å². The Morgan fingerprint density at radius 2 is 1.50 bits per heavy atom. The molecular weight excluding hydrogens is 380 g/mol. The molecule has 0 saturated heterocycles. The molecule has 0 amide bonds. The lowest BCUT2D eigenvalue weighted by Crippen LogP contribution is -2.10. The molecule has 0 bridgehead atoms. The van der Waals surface area contributed by atoms with Gasteiger partial charge in [0.2, 0.25) is 4.73 Å². The number of thioether (sulfide) groups is 1. The number of nitrogens with two attached hydrogens (primary N) is 1. The third-order valence-corrected chi connectivity index (χ3v) is 8.05. The van der Waals surface area contributed by atoms with Gasteiger partial charge in [0.25, 0.3) is 0 Å². The number of halogens is 1. The molecule has 1 rings (SSSR count). The highest BCUT2D eigenvalue weighted by Crippen LogP contribution is 2.65. The average Bonchev–Trinajstić information content (AvgIpc) is 2.35. The van der Waals surface area contributed by atoms with Crippen molar-refractivity contribution in [1.82, 2.24) is 0 Å². The van der Waals surface area contributed by atoms with Gasteiger partial charge in [-0.15, -0.1) is 0 Å². The fourth-order valence-electron chi connectivity index (χ4n) is 0.968. The second-order valence-corrected chi connectivity index (χ2v) is 9.78. The molecule has 7 N–H and O–H groups in total. The van der Waals surface area contributed by atoms with E-state index in [9.17, 15) is 13.9 Å². The van der Waals surface area contributed by atoms with Gasteiger partial charge in [-0.2, -0.15) is 0 Å². The second-order valence-electron chi connectivity index (χ2n) is 3.67. The van der Waals surface area contributed by atoms with Gasteiger partial charge in [0, 0.05) is 9.92 Å². The molecule has 0 saturated carbocycles. The number of carboxylic acids is 1. The van der Waals surface area contributed by atoms with E-state index < -0.39 is 25.9 Å². The number of benzene rings is 1. The Morgan fingerprint density at radius 3 is 1.77 bits per heavy atom. The van der Waals surface area contributed by atoms with Crippen molar-refractivity contribution in [3.05, 3.63) is 29.3 Å². The van der Waals surface area contributed by atoms with E-state index in [1.54, 1.807) is 0 Å². The van der Waals surface area contributed by atoms with Crippen LogP contribution in [0.15, 0.2) is 29.2 Å². The van der Waals surface area contributed by atoms with Gasteiger partial charge in [0.15, 0.2) is 0 Å². The van der Waals surface area contributed by atoms with Crippen LogP contribution >= 0.6 is 38.6 Å². The van der Waals surface area contributed by atoms with Crippen LogP contribution < -0.4 is 5.73 Å². The van der Waals surface area contributed by atoms with Gasteiger partial charge in [-0.25, -0.2) is 0 Å². The molecule has 0 aliphatic carbocycles. The predicted octanol–water partition coefficient (Wildman–Crippen LogP) is 1.10. The average molecular weight is 394 g/mol. The van der Waals surface area contributed by atoms with Gasteiger partial charge >= 0.3 is 21.2 Å². The van der Waals surface area contributed by atoms with Crippen molar-refractivity contribution in [2.24, 2.45) is 5.73 Å². The highest BCUT2D eigenvalue weighted by atomic mass is 35.5. The minimum atomic E-state index is -4.91. The van der Waals surface area contributed by atoms with Crippen LogP contribution in [0.5, 0.6) is 0 Å². The topological polar surface area (TPSA) is 178 Å². The third-order valence-electron chi connectivity index (χ3n) is 1.81. The molecule has 22 heavy (non-hydrogen) atoms. The van der Waals surface area contributed by atoms with Gasteiger partial charge in [0.05, 0.1) is 6.54 Å². The molecule has 1 aromatic carbocycles. The van der Waals surface area contributed by atoms with E-state index in [1.807, 2.05) is 0 Å². The quantitative estimate of drug-likeness (QED) is 0.313. The van der Waals surface area contributed by atoms with Crippen LogP contribution in [0.4, 0.5) is 0 Å². The SMILES string of the molecule is NCC(=O)O.O=P(O)(O)C(Sc1ccc(Cl)cc1)P(=O)(O)O. The Bertz CT molecular complexity index is 564. The second kappa shape index (κ2) is 9.02. The molecule has 0 aliphatic rings. The smallest absolute Gasteiger partial charge is 0.351 e.